The lowest BCUT2D eigenvalue weighted by Gasteiger charge is -2.08. The fraction of sp³-hybridized carbons (Fsp3) is 0.429. The van der Waals surface area contributed by atoms with Crippen molar-refractivity contribution < 1.29 is 24.2 Å². The number of carboxylic acid groups (broad SMARTS) is 1. The number of carboxylic acids is 1. The number of hydrogen-bond acceptors (Lipinski definition) is 7. The molecule has 0 radical (unpaired) electrons. The van der Waals surface area contributed by atoms with Crippen LogP contribution in [0.1, 0.15) is 28.0 Å². The van der Waals surface area contributed by atoms with Crippen molar-refractivity contribution in [1.82, 2.24) is 15.3 Å². The van der Waals surface area contributed by atoms with Crippen LogP contribution in [0.25, 0.3) is 10.2 Å². The van der Waals surface area contributed by atoms with Crippen LogP contribution in [-0.4, -0.2) is 47.2 Å². The molecule has 0 bridgehead atoms. The molecule has 0 aliphatic carbocycles. The van der Waals surface area contributed by atoms with E-state index in [4.69, 9.17) is 14.6 Å². The van der Waals surface area contributed by atoms with Gasteiger partial charge in [0.15, 0.2) is 5.82 Å². The van der Waals surface area contributed by atoms with E-state index >= 15 is 0 Å². The number of ether oxygens (including phenoxy) is 2. The third kappa shape index (κ3) is 3.40. The number of nitrogens with zero attached hydrogens (tertiary/aromatic N) is 2. The number of carbonyl (C=O) groups is 2. The molecular weight excluding hydrogens is 322 g/mol. The van der Waals surface area contributed by atoms with Gasteiger partial charge in [-0.15, -0.1) is 11.3 Å². The molecule has 0 saturated heterocycles. The van der Waals surface area contributed by atoms with E-state index in [1.807, 2.05) is 0 Å². The lowest BCUT2D eigenvalue weighted by atomic mass is 10.2. The van der Waals surface area contributed by atoms with Crippen molar-refractivity contribution in [2.45, 2.75) is 26.5 Å². The molecule has 2 aromatic rings. The second-order valence-electron chi connectivity index (χ2n) is 4.85. The average molecular weight is 339 g/mol. The summed E-state index contributed by atoms with van der Waals surface area (Å²) in [6.07, 6.45) is 0. The summed E-state index contributed by atoms with van der Waals surface area (Å²) in [6, 6.07) is -0.982. The van der Waals surface area contributed by atoms with Gasteiger partial charge in [0.25, 0.3) is 5.91 Å². The number of methoxy groups -OCH3 is 2. The van der Waals surface area contributed by atoms with Crippen molar-refractivity contribution in [3.05, 3.63) is 16.3 Å². The van der Waals surface area contributed by atoms with Crippen molar-refractivity contribution in [1.29, 1.82) is 0 Å². The Hall–Kier alpha value is -2.26. The van der Waals surface area contributed by atoms with Crippen molar-refractivity contribution in [2.24, 2.45) is 0 Å². The molecule has 2 N–H and O–H groups in total. The van der Waals surface area contributed by atoms with Crippen molar-refractivity contribution in [3.8, 4) is 5.88 Å². The Morgan fingerprint density at radius 1 is 1.35 bits per heavy atom. The Labute approximate surface area is 136 Å². The molecule has 1 atom stereocenters. The Bertz CT molecular complexity index is 758. The highest BCUT2D eigenvalue weighted by Crippen LogP contribution is 2.35. The number of fused-ring (bicyclic) bond motifs is 1. The number of nitrogens with one attached hydrogen (secondary N) is 1. The summed E-state index contributed by atoms with van der Waals surface area (Å²) in [5.74, 6) is -0.752. The summed E-state index contributed by atoms with van der Waals surface area (Å²) in [5, 5.41) is 12.0. The molecule has 0 fully saturated rings. The van der Waals surface area contributed by atoms with Crippen LogP contribution < -0.4 is 10.1 Å². The second kappa shape index (κ2) is 6.88. The summed E-state index contributed by atoms with van der Waals surface area (Å²) in [4.78, 5) is 32.7. The molecule has 23 heavy (non-hydrogen) atoms. The molecule has 0 unspecified atom stereocenters. The van der Waals surface area contributed by atoms with E-state index in [-0.39, 0.29) is 6.61 Å². The van der Waals surface area contributed by atoms with E-state index in [0.29, 0.717) is 32.4 Å². The Balaban J connectivity index is 2.48. The number of thiophene rings is 1. The normalized spacial score (nSPS) is 12.2. The number of rotatable bonds is 6. The zero-order chi connectivity index (χ0) is 17.1. The summed E-state index contributed by atoms with van der Waals surface area (Å²) in [6.45, 7) is 3.38. The van der Waals surface area contributed by atoms with E-state index < -0.39 is 17.9 Å². The van der Waals surface area contributed by atoms with Crippen LogP contribution >= 0.6 is 11.3 Å². The maximum Gasteiger partial charge on any atom is 0.325 e. The zero-order valence-corrected chi connectivity index (χ0v) is 14.0. The van der Waals surface area contributed by atoms with Gasteiger partial charge in [-0.25, -0.2) is 4.98 Å². The number of aliphatic carboxylic acids is 1. The highest BCUT2D eigenvalue weighted by atomic mass is 32.1. The molecule has 0 aliphatic heterocycles. The molecule has 124 valence electrons. The predicted octanol–water partition coefficient (Wildman–Crippen LogP) is 1.36. The summed E-state index contributed by atoms with van der Waals surface area (Å²) >= 11 is 1.16. The molecule has 0 aromatic carbocycles. The maximum atomic E-state index is 12.3. The van der Waals surface area contributed by atoms with Crippen LogP contribution in [0.2, 0.25) is 0 Å². The van der Waals surface area contributed by atoms with Gasteiger partial charge in [0.1, 0.15) is 17.5 Å². The van der Waals surface area contributed by atoms with E-state index in [9.17, 15) is 9.59 Å². The Morgan fingerprint density at radius 3 is 2.61 bits per heavy atom. The van der Waals surface area contributed by atoms with Crippen LogP contribution in [0.4, 0.5) is 0 Å². The Kier molecular flexibility index (Phi) is 5.12. The molecule has 0 spiro atoms. The molecule has 8 nitrogen and oxygen atoms in total. The van der Waals surface area contributed by atoms with Crippen LogP contribution in [0, 0.1) is 6.92 Å². The van der Waals surface area contributed by atoms with E-state index in [0.717, 1.165) is 11.3 Å². The minimum absolute atomic E-state index is 0.223. The number of hydrogen-bond donors (Lipinski definition) is 2. The Morgan fingerprint density at radius 2 is 2.04 bits per heavy atom. The summed E-state index contributed by atoms with van der Waals surface area (Å²) < 4.78 is 10.3. The highest BCUT2D eigenvalue weighted by Gasteiger charge is 2.23. The minimum Gasteiger partial charge on any atom is -0.480 e. The van der Waals surface area contributed by atoms with Crippen LogP contribution in [0.3, 0.4) is 0 Å². The van der Waals surface area contributed by atoms with Gasteiger partial charge in [-0.3, -0.25) is 9.59 Å². The summed E-state index contributed by atoms with van der Waals surface area (Å²) in [7, 11) is 3.02. The topological polar surface area (TPSA) is 111 Å². The monoisotopic (exact) mass is 339 g/mol. The third-order valence-corrected chi connectivity index (χ3v) is 4.38. The largest absolute Gasteiger partial charge is 0.480 e. The predicted molar refractivity (Wildman–Crippen MR) is 84.0 cm³/mol. The quantitative estimate of drug-likeness (QED) is 0.817. The smallest absolute Gasteiger partial charge is 0.325 e. The van der Waals surface area contributed by atoms with Crippen LogP contribution in [-0.2, 0) is 16.1 Å². The third-order valence-electron chi connectivity index (χ3n) is 3.19. The van der Waals surface area contributed by atoms with Gasteiger partial charge in [0.05, 0.1) is 17.4 Å². The molecule has 0 aliphatic rings. The minimum atomic E-state index is -1.10. The average Bonchev–Trinajstić information content (AvgIpc) is 2.84. The SMILES string of the molecule is COCc1nc(OC)c2c(C)c(C(=O)N[C@@H](C)C(=O)O)sc2n1. The number of aromatic nitrogens is 2. The van der Waals surface area contributed by atoms with Gasteiger partial charge >= 0.3 is 5.97 Å². The zero-order valence-electron chi connectivity index (χ0n) is 13.2. The summed E-state index contributed by atoms with van der Waals surface area (Å²) in [5.41, 5.74) is 0.654. The number of carbonyl (C=O) groups excluding carboxylic acids is 1. The van der Waals surface area contributed by atoms with Gasteiger partial charge in [-0.2, -0.15) is 4.98 Å². The molecule has 1 amide bonds. The first-order valence-corrected chi connectivity index (χ1v) is 7.57. The van der Waals surface area contributed by atoms with E-state index in [2.05, 4.69) is 15.3 Å². The van der Waals surface area contributed by atoms with Crippen LogP contribution in [0.5, 0.6) is 5.88 Å². The molecule has 2 rings (SSSR count). The molecule has 9 heteroatoms. The van der Waals surface area contributed by atoms with Gasteiger partial charge in [0, 0.05) is 7.11 Å². The fourth-order valence-electron chi connectivity index (χ4n) is 2.03. The van der Waals surface area contributed by atoms with Gasteiger partial charge in [-0.05, 0) is 19.4 Å². The van der Waals surface area contributed by atoms with Crippen molar-refractivity contribution in [3.63, 3.8) is 0 Å². The first-order chi connectivity index (χ1) is 10.9. The second-order valence-corrected chi connectivity index (χ2v) is 5.85. The molecule has 2 heterocycles. The standard InChI is InChI=1S/C14H17N3O5S/c1-6-9-12(22-4)16-8(5-21-3)17-13(9)23-10(6)11(18)15-7(2)14(19)20/h7H,5H2,1-4H3,(H,15,18)(H,19,20)/t7-/m0/s1. The first-order valence-electron chi connectivity index (χ1n) is 6.75. The lowest BCUT2D eigenvalue weighted by Crippen LogP contribution is -2.38. The first kappa shape index (κ1) is 17.1. The molecular formula is C14H17N3O5S. The van der Waals surface area contributed by atoms with Crippen molar-refractivity contribution >= 4 is 33.4 Å². The number of aryl methyl sites for hydroxylation is 1. The van der Waals surface area contributed by atoms with Gasteiger partial charge in [0.2, 0.25) is 5.88 Å². The fourth-order valence-corrected chi connectivity index (χ4v) is 3.12. The lowest BCUT2D eigenvalue weighted by molar-refractivity contribution is -0.138. The van der Waals surface area contributed by atoms with E-state index in [1.165, 1.54) is 21.1 Å². The maximum absolute atomic E-state index is 12.3. The molecule has 2 aromatic heterocycles. The number of amides is 1. The van der Waals surface area contributed by atoms with Crippen LogP contribution in [0.15, 0.2) is 0 Å². The highest BCUT2D eigenvalue weighted by molar-refractivity contribution is 7.20. The van der Waals surface area contributed by atoms with Crippen molar-refractivity contribution in [2.75, 3.05) is 14.2 Å². The molecule has 0 saturated carbocycles. The van der Waals surface area contributed by atoms with Gasteiger partial charge < -0.3 is 19.9 Å². The van der Waals surface area contributed by atoms with E-state index in [1.54, 1.807) is 6.92 Å². The van der Waals surface area contributed by atoms with Gasteiger partial charge in [-0.1, -0.05) is 0 Å².